The fourth-order valence-corrected chi connectivity index (χ4v) is 8.30. The highest BCUT2D eigenvalue weighted by Crippen LogP contribution is 2.66. The van der Waals surface area contributed by atoms with Gasteiger partial charge in [0.15, 0.2) is 0 Å². The Morgan fingerprint density at radius 3 is 2.64 bits per heavy atom. The van der Waals surface area contributed by atoms with E-state index in [2.05, 4.69) is 26.8 Å². The Hall–Kier alpha value is -0.340. The van der Waals surface area contributed by atoms with Crippen LogP contribution >= 0.6 is 0 Å². The van der Waals surface area contributed by atoms with Crippen LogP contribution in [0.2, 0.25) is 0 Å². The lowest BCUT2D eigenvalue weighted by molar-refractivity contribution is -0.0716. The van der Waals surface area contributed by atoms with Gasteiger partial charge in [0.2, 0.25) is 0 Å². The molecule has 0 bridgehead atoms. The molecule has 8 atom stereocenters. The first-order valence-corrected chi connectivity index (χ1v) is 12.5. The van der Waals surface area contributed by atoms with E-state index in [4.69, 9.17) is 0 Å². The van der Waals surface area contributed by atoms with Gasteiger partial charge in [0.05, 0.1) is 12.2 Å². The molecule has 0 aromatic rings. The number of aliphatic hydroxyl groups is 2. The summed E-state index contributed by atoms with van der Waals surface area (Å²) < 4.78 is 0. The topological polar surface area (TPSA) is 40.5 Å². The summed E-state index contributed by atoms with van der Waals surface area (Å²) in [5.74, 6) is 2.92. The molecule has 0 amide bonds. The van der Waals surface area contributed by atoms with Gasteiger partial charge in [-0.15, -0.1) is 0 Å². The first-order valence-electron chi connectivity index (χ1n) is 12.5. The monoisotopic (exact) mass is 388 g/mol. The molecule has 4 aliphatic carbocycles. The number of aliphatic hydroxyl groups excluding tert-OH is 2. The summed E-state index contributed by atoms with van der Waals surface area (Å²) in [5.41, 5.74) is 2.25. The van der Waals surface area contributed by atoms with Gasteiger partial charge in [0.1, 0.15) is 0 Å². The maximum absolute atomic E-state index is 11.1. The van der Waals surface area contributed by atoms with E-state index in [1.54, 1.807) is 5.57 Å². The SMILES string of the molecule is CCCCCC[C@H](O)C1CCC2C3CC=C4C[C@@H](O)CC[C@]4(C)C3CC[C@@]21C. The third-order valence-corrected chi connectivity index (χ3v) is 9.97. The molecule has 3 fully saturated rings. The van der Waals surface area contributed by atoms with Gasteiger partial charge < -0.3 is 10.2 Å². The average molecular weight is 389 g/mol. The molecule has 3 saturated carbocycles. The van der Waals surface area contributed by atoms with Crippen molar-refractivity contribution in [3.05, 3.63) is 11.6 Å². The van der Waals surface area contributed by atoms with Crippen molar-refractivity contribution >= 4 is 0 Å². The molecule has 0 saturated heterocycles. The van der Waals surface area contributed by atoms with E-state index >= 15 is 0 Å². The maximum Gasteiger partial charge on any atom is 0.0577 e. The third-order valence-electron chi connectivity index (χ3n) is 9.97. The van der Waals surface area contributed by atoms with Gasteiger partial charge in [-0.05, 0) is 92.3 Å². The summed E-state index contributed by atoms with van der Waals surface area (Å²) in [6, 6.07) is 0. The van der Waals surface area contributed by atoms with E-state index in [9.17, 15) is 10.2 Å². The Kier molecular flexibility index (Phi) is 6.02. The van der Waals surface area contributed by atoms with Crippen LogP contribution in [-0.2, 0) is 0 Å². The van der Waals surface area contributed by atoms with Gasteiger partial charge in [-0.3, -0.25) is 0 Å². The van der Waals surface area contributed by atoms with Gasteiger partial charge in [-0.2, -0.15) is 0 Å². The second-order valence-corrected chi connectivity index (χ2v) is 11.3. The summed E-state index contributed by atoms with van der Waals surface area (Å²) in [6.07, 6.45) is 17.9. The number of fused-ring (bicyclic) bond motifs is 5. The van der Waals surface area contributed by atoms with Gasteiger partial charge in [0, 0.05) is 0 Å². The van der Waals surface area contributed by atoms with Crippen LogP contribution in [0.1, 0.15) is 104 Å². The molecule has 0 aromatic heterocycles. The predicted molar refractivity (Wildman–Crippen MR) is 116 cm³/mol. The largest absolute Gasteiger partial charge is 0.393 e. The van der Waals surface area contributed by atoms with Crippen LogP contribution in [0.15, 0.2) is 11.6 Å². The fraction of sp³-hybridized carbons (Fsp3) is 0.923. The predicted octanol–water partition coefficient (Wildman–Crippen LogP) is 6.26. The molecule has 0 aliphatic heterocycles. The van der Waals surface area contributed by atoms with E-state index < -0.39 is 0 Å². The van der Waals surface area contributed by atoms with E-state index in [0.717, 1.165) is 37.0 Å². The summed E-state index contributed by atoms with van der Waals surface area (Å²) >= 11 is 0. The van der Waals surface area contributed by atoms with Crippen LogP contribution in [-0.4, -0.2) is 22.4 Å². The van der Waals surface area contributed by atoms with E-state index in [0.29, 0.717) is 16.7 Å². The zero-order chi connectivity index (χ0) is 19.9. The molecule has 2 nitrogen and oxygen atoms in total. The zero-order valence-corrected chi connectivity index (χ0v) is 18.6. The Morgan fingerprint density at radius 1 is 1.04 bits per heavy atom. The standard InChI is InChI=1S/C26H44O2/c1-4-5-6-7-8-24(28)23-12-11-21-20-10-9-18-17-19(27)13-15-25(18,2)22(20)14-16-26(21,23)3/h9,19-24,27-28H,4-8,10-17H2,1-3H3/t19-,20?,21?,22?,23?,24-,25-,26-/m0/s1. The lowest BCUT2D eigenvalue weighted by atomic mass is 9.47. The van der Waals surface area contributed by atoms with Crippen molar-refractivity contribution in [3.63, 3.8) is 0 Å². The van der Waals surface area contributed by atoms with Crippen LogP contribution in [0.5, 0.6) is 0 Å². The van der Waals surface area contributed by atoms with Crippen LogP contribution in [0.25, 0.3) is 0 Å². The molecule has 2 heteroatoms. The summed E-state index contributed by atoms with van der Waals surface area (Å²) in [7, 11) is 0. The van der Waals surface area contributed by atoms with Crippen molar-refractivity contribution in [2.75, 3.05) is 0 Å². The number of rotatable bonds is 6. The Morgan fingerprint density at radius 2 is 1.86 bits per heavy atom. The van der Waals surface area contributed by atoms with Crippen LogP contribution in [0, 0.1) is 34.5 Å². The normalized spacial score (nSPS) is 46.3. The molecule has 0 spiro atoms. The first kappa shape index (κ1) is 20.9. The molecule has 0 aromatic carbocycles. The Balaban J connectivity index is 1.47. The molecule has 160 valence electrons. The number of hydrogen-bond acceptors (Lipinski definition) is 2. The van der Waals surface area contributed by atoms with Crippen LogP contribution < -0.4 is 0 Å². The zero-order valence-electron chi connectivity index (χ0n) is 18.6. The van der Waals surface area contributed by atoms with Crippen molar-refractivity contribution in [2.45, 2.75) is 116 Å². The smallest absolute Gasteiger partial charge is 0.0577 e. The quantitative estimate of drug-likeness (QED) is 0.416. The molecule has 28 heavy (non-hydrogen) atoms. The summed E-state index contributed by atoms with van der Waals surface area (Å²) in [4.78, 5) is 0. The van der Waals surface area contributed by atoms with E-state index in [1.807, 2.05) is 0 Å². The lowest BCUT2D eigenvalue weighted by Gasteiger charge is -2.58. The van der Waals surface area contributed by atoms with Crippen LogP contribution in [0.3, 0.4) is 0 Å². The number of unbranched alkanes of at least 4 members (excludes halogenated alkanes) is 3. The molecule has 2 N–H and O–H groups in total. The minimum atomic E-state index is -0.108. The van der Waals surface area contributed by atoms with Gasteiger partial charge in [-0.1, -0.05) is 58.1 Å². The average Bonchev–Trinajstić information content (AvgIpc) is 3.03. The molecule has 0 radical (unpaired) electrons. The van der Waals surface area contributed by atoms with Gasteiger partial charge in [0.25, 0.3) is 0 Å². The van der Waals surface area contributed by atoms with E-state index in [1.165, 1.54) is 64.2 Å². The maximum atomic E-state index is 11.1. The highest BCUT2D eigenvalue weighted by atomic mass is 16.3. The van der Waals surface area contributed by atoms with Crippen molar-refractivity contribution < 1.29 is 10.2 Å². The number of allylic oxidation sites excluding steroid dienone is 1. The molecule has 0 heterocycles. The second-order valence-electron chi connectivity index (χ2n) is 11.3. The van der Waals surface area contributed by atoms with Crippen molar-refractivity contribution in [1.82, 2.24) is 0 Å². The van der Waals surface area contributed by atoms with Gasteiger partial charge in [-0.25, -0.2) is 0 Å². The molecular weight excluding hydrogens is 344 g/mol. The summed E-state index contributed by atoms with van der Waals surface area (Å²) in [6.45, 7) is 7.31. The highest BCUT2D eigenvalue weighted by molar-refractivity contribution is 5.25. The Labute approximate surface area is 173 Å². The van der Waals surface area contributed by atoms with Crippen molar-refractivity contribution in [3.8, 4) is 0 Å². The van der Waals surface area contributed by atoms with E-state index in [-0.39, 0.29) is 12.2 Å². The molecule has 4 unspecified atom stereocenters. The van der Waals surface area contributed by atoms with Crippen molar-refractivity contribution in [1.29, 1.82) is 0 Å². The highest BCUT2D eigenvalue weighted by Gasteiger charge is 2.59. The third kappa shape index (κ3) is 3.41. The molecule has 4 rings (SSSR count). The second kappa shape index (κ2) is 8.06. The molecular formula is C26H44O2. The Bertz CT molecular complexity index is 583. The van der Waals surface area contributed by atoms with Gasteiger partial charge >= 0.3 is 0 Å². The van der Waals surface area contributed by atoms with Crippen molar-refractivity contribution in [2.24, 2.45) is 34.5 Å². The minimum Gasteiger partial charge on any atom is -0.393 e. The fourth-order valence-electron chi connectivity index (χ4n) is 8.30. The van der Waals surface area contributed by atoms with Crippen LogP contribution in [0.4, 0.5) is 0 Å². The summed E-state index contributed by atoms with van der Waals surface area (Å²) in [5, 5.41) is 21.3. The number of hydrogen-bond donors (Lipinski definition) is 2. The first-order chi connectivity index (χ1) is 13.4. The minimum absolute atomic E-state index is 0.0847. The lowest BCUT2D eigenvalue weighted by Crippen LogP contribution is -2.51. The molecule has 4 aliphatic rings.